The molecule has 0 fully saturated rings. The average Bonchev–Trinajstić information content (AvgIpc) is 3.30. The molecule has 0 saturated carbocycles. The van der Waals surface area contributed by atoms with Gasteiger partial charge in [0.15, 0.2) is 6.10 Å². The van der Waals surface area contributed by atoms with Crippen molar-refractivity contribution in [2.75, 3.05) is 13.2 Å². The molecule has 0 aliphatic rings. The van der Waals surface area contributed by atoms with Crippen molar-refractivity contribution in [3.63, 3.8) is 0 Å². The summed E-state index contributed by atoms with van der Waals surface area (Å²) in [5, 5.41) is 0. The molecule has 0 aliphatic heterocycles. The van der Waals surface area contributed by atoms with Crippen molar-refractivity contribution >= 4 is 17.9 Å². The molecule has 1 unspecified atom stereocenters. The molecule has 65 heavy (non-hydrogen) atoms. The minimum Gasteiger partial charge on any atom is -0.462 e. The summed E-state index contributed by atoms with van der Waals surface area (Å²) in [6.07, 6.45) is 66.3. The van der Waals surface area contributed by atoms with Gasteiger partial charge < -0.3 is 14.2 Å². The van der Waals surface area contributed by atoms with Gasteiger partial charge in [-0.15, -0.1) is 0 Å². The molecule has 0 bridgehead atoms. The van der Waals surface area contributed by atoms with Crippen LogP contribution in [0.4, 0.5) is 0 Å². The number of hydrogen-bond acceptors (Lipinski definition) is 6. The molecule has 6 heteroatoms. The van der Waals surface area contributed by atoms with E-state index in [1.807, 2.05) is 0 Å². The molecule has 0 heterocycles. The van der Waals surface area contributed by atoms with Crippen molar-refractivity contribution in [2.45, 2.75) is 284 Å². The Balaban J connectivity index is 4.47. The van der Waals surface area contributed by atoms with E-state index in [-0.39, 0.29) is 31.1 Å². The van der Waals surface area contributed by atoms with Gasteiger partial charge in [-0.3, -0.25) is 14.4 Å². The van der Waals surface area contributed by atoms with Gasteiger partial charge in [0, 0.05) is 19.3 Å². The second-order valence-electron chi connectivity index (χ2n) is 18.5. The lowest BCUT2D eigenvalue weighted by molar-refractivity contribution is -0.167. The summed E-state index contributed by atoms with van der Waals surface area (Å²) in [5.41, 5.74) is 0. The van der Waals surface area contributed by atoms with Crippen LogP contribution in [0.15, 0.2) is 60.8 Å². The number of carbonyl (C=O) groups excluding carboxylic acids is 3. The molecule has 0 aromatic carbocycles. The van der Waals surface area contributed by atoms with Gasteiger partial charge in [0.1, 0.15) is 13.2 Å². The van der Waals surface area contributed by atoms with Crippen LogP contribution < -0.4 is 0 Å². The van der Waals surface area contributed by atoms with E-state index in [0.717, 1.165) is 83.5 Å². The fourth-order valence-corrected chi connectivity index (χ4v) is 7.77. The maximum Gasteiger partial charge on any atom is 0.306 e. The Hall–Kier alpha value is -2.89. The summed E-state index contributed by atoms with van der Waals surface area (Å²) in [6.45, 7) is 6.58. The molecule has 0 spiro atoms. The van der Waals surface area contributed by atoms with Gasteiger partial charge in [-0.25, -0.2) is 0 Å². The first kappa shape index (κ1) is 62.1. The quantitative estimate of drug-likeness (QED) is 0.0199. The lowest BCUT2D eigenvalue weighted by Crippen LogP contribution is -2.30. The Labute approximate surface area is 402 Å². The number of unbranched alkanes of at least 4 members (excludes halogenated alkanes) is 31. The number of rotatable bonds is 50. The van der Waals surface area contributed by atoms with Crippen LogP contribution in [-0.4, -0.2) is 37.2 Å². The van der Waals surface area contributed by atoms with Crippen LogP contribution in [0.25, 0.3) is 0 Å². The summed E-state index contributed by atoms with van der Waals surface area (Å²) < 4.78 is 16.8. The maximum atomic E-state index is 12.8. The standard InChI is InChI=1S/C59H104O6/c1-4-7-10-13-16-19-22-25-28-31-34-37-40-43-46-49-52-58(61)64-55-56(54-63-57(60)51-48-45-42-39-36-33-30-27-24-21-18-15-12-9-6-3)65-59(62)53-50-47-44-41-38-35-32-29-26-23-20-17-14-11-8-5-2/h21,24,28-29,31-32,34-35,37-38,56H,4-20,22-23,25-27,30,33,36,39-55H2,1-3H3/b24-21-,31-28-,32-29-,37-34-,38-35-. The molecule has 0 radical (unpaired) electrons. The van der Waals surface area contributed by atoms with Crippen molar-refractivity contribution < 1.29 is 28.6 Å². The fraction of sp³-hybridized carbons (Fsp3) is 0.780. The highest BCUT2D eigenvalue weighted by molar-refractivity contribution is 5.71. The molecule has 0 amide bonds. The Bertz CT molecular complexity index is 1180. The van der Waals surface area contributed by atoms with Gasteiger partial charge in [0.2, 0.25) is 0 Å². The van der Waals surface area contributed by atoms with Crippen molar-refractivity contribution in [1.82, 2.24) is 0 Å². The number of allylic oxidation sites excluding steroid dienone is 10. The van der Waals surface area contributed by atoms with Gasteiger partial charge in [-0.2, -0.15) is 0 Å². The van der Waals surface area contributed by atoms with E-state index in [1.165, 1.54) is 154 Å². The summed E-state index contributed by atoms with van der Waals surface area (Å²) in [4.78, 5) is 38.1. The van der Waals surface area contributed by atoms with Crippen LogP contribution in [0.5, 0.6) is 0 Å². The molecule has 6 nitrogen and oxygen atoms in total. The first-order chi connectivity index (χ1) is 32.0. The molecule has 1 atom stereocenters. The maximum absolute atomic E-state index is 12.8. The second-order valence-corrected chi connectivity index (χ2v) is 18.5. The Kier molecular flexibility index (Phi) is 51.3. The van der Waals surface area contributed by atoms with Gasteiger partial charge in [0.25, 0.3) is 0 Å². The minimum atomic E-state index is -0.800. The van der Waals surface area contributed by atoms with E-state index in [0.29, 0.717) is 19.3 Å². The van der Waals surface area contributed by atoms with E-state index >= 15 is 0 Å². The van der Waals surface area contributed by atoms with Crippen LogP contribution in [0, 0.1) is 0 Å². The van der Waals surface area contributed by atoms with Crippen LogP contribution in [0.2, 0.25) is 0 Å². The largest absolute Gasteiger partial charge is 0.462 e. The Morgan fingerprint density at radius 1 is 0.308 bits per heavy atom. The lowest BCUT2D eigenvalue weighted by atomic mass is 10.1. The third-order valence-corrected chi connectivity index (χ3v) is 12.0. The number of esters is 3. The van der Waals surface area contributed by atoms with Gasteiger partial charge in [0.05, 0.1) is 0 Å². The molecule has 376 valence electrons. The first-order valence-corrected chi connectivity index (χ1v) is 27.8. The number of ether oxygens (including phenoxy) is 3. The molecular weight excluding hydrogens is 805 g/mol. The van der Waals surface area contributed by atoms with Crippen molar-refractivity contribution in [2.24, 2.45) is 0 Å². The van der Waals surface area contributed by atoms with Crippen molar-refractivity contribution in [3.05, 3.63) is 60.8 Å². The minimum absolute atomic E-state index is 0.0951. The molecule has 0 rings (SSSR count). The summed E-state index contributed by atoms with van der Waals surface area (Å²) in [6, 6.07) is 0. The molecule has 0 aliphatic carbocycles. The normalized spacial score (nSPS) is 12.5. The Morgan fingerprint density at radius 2 is 0.554 bits per heavy atom. The highest BCUT2D eigenvalue weighted by Gasteiger charge is 2.19. The molecule has 0 saturated heterocycles. The molecular formula is C59H104O6. The van der Waals surface area contributed by atoms with E-state index in [2.05, 4.69) is 81.5 Å². The summed E-state index contributed by atoms with van der Waals surface area (Å²) >= 11 is 0. The monoisotopic (exact) mass is 909 g/mol. The van der Waals surface area contributed by atoms with Gasteiger partial charge >= 0.3 is 17.9 Å². The van der Waals surface area contributed by atoms with Crippen LogP contribution in [0.3, 0.4) is 0 Å². The Morgan fingerprint density at radius 3 is 0.892 bits per heavy atom. The molecule has 0 aromatic rings. The number of hydrogen-bond donors (Lipinski definition) is 0. The highest BCUT2D eigenvalue weighted by atomic mass is 16.6. The van der Waals surface area contributed by atoms with Crippen LogP contribution in [-0.2, 0) is 28.6 Å². The van der Waals surface area contributed by atoms with Crippen LogP contribution >= 0.6 is 0 Å². The summed E-state index contributed by atoms with van der Waals surface area (Å²) in [7, 11) is 0. The summed E-state index contributed by atoms with van der Waals surface area (Å²) in [5.74, 6) is -0.946. The fourth-order valence-electron chi connectivity index (χ4n) is 7.77. The second kappa shape index (κ2) is 53.7. The van der Waals surface area contributed by atoms with E-state index in [1.54, 1.807) is 0 Å². The molecule has 0 aromatic heterocycles. The smallest absolute Gasteiger partial charge is 0.306 e. The van der Waals surface area contributed by atoms with E-state index < -0.39 is 6.10 Å². The lowest BCUT2D eigenvalue weighted by Gasteiger charge is -2.18. The topological polar surface area (TPSA) is 78.9 Å². The van der Waals surface area contributed by atoms with Crippen LogP contribution in [0.1, 0.15) is 278 Å². The zero-order valence-electron chi connectivity index (χ0n) is 43.0. The van der Waals surface area contributed by atoms with E-state index in [9.17, 15) is 14.4 Å². The van der Waals surface area contributed by atoms with Gasteiger partial charge in [-0.1, -0.05) is 223 Å². The predicted molar refractivity (Wildman–Crippen MR) is 279 cm³/mol. The SMILES string of the molecule is CCCCCC/C=C\CCCCCCCCCC(=O)OCC(COC(=O)CCCCC/C=C\C=C/CCCCCCCCC)OC(=O)CCCCC/C=C\C=C/CCCCCCCCC. The number of carbonyl (C=O) groups is 3. The third kappa shape index (κ3) is 51.9. The highest BCUT2D eigenvalue weighted by Crippen LogP contribution is 2.14. The zero-order valence-corrected chi connectivity index (χ0v) is 43.0. The van der Waals surface area contributed by atoms with Crippen molar-refractivity contribution in [3.8, 4) is 0 Å². The first-order valence-electron chi connectivity index (χ1n) is 27.8. The third-order valence-electron chi connectivity index (χ3n) is 12.0. The molecule has 0 N–H and O–H groups in total. The average molecular weight is 909 g/mol. The van der Waals surface area contributed by atoms with Crippen molar-refractivity contribution in [1.29, 1.82) is 0 Å². The van der Waals surface area contributed by atoms with Gasteiger partial charge in [-0.05, 0) is 96.3 Å². The zero-order chi connectivity index (χ0) is 47.2. The predicted octanol–water partition coefficient (Wildman–Crippen LogP) is 18.4. The van der Waals surface area contributed by atoms with E-state index in [4.69, 9.17) is 14.2 Å².